The van der Waals surface area contributed by atoms with E-state index >= 15 is 0 Å². The van der Waals surface area contributed by atoms with E-state index in [1.807, 2.05) is 37.3 Å². The van der Waals surface area contributed by atoms with Gasteiger partial charge in [0.05, 0.1) is 5.25 Å². The topological polar surface area (TPSA) is 26.0 Å². The van der Waals surface area contributed by atoms with E-state index in [1.165, 1.54) is 12.1 Å². The highest BCUT2D eigenvalue weighted by Gasteiger charge is 2.22. The molecule has 0 aliphatic heterocycles. The highest BCUT2D eigenvalue weighted by atomic mass is 35.5. The Hall–Kier alpha value is -1.03. The van der Waals surface area contributed by atoms with E-state index in [1.54, 1.807) is 17.8 Å². The standard InChI is InChI=1S/C16H17ClFNS/c1-2-15(19)16(13-8-3-4-9-14(13)17)20-12-7-5-6-11(18)10-12/h3-10,15-16H,2,19H2,1H3. The molecule has 4 heteroatoms. The first-order valence-electron chi connectivity index (χ1n) is 6.54. The van der Waals surface area contributed by atoms with E-state index in [-0.39, 0.29) is 17.1 Å². The summed E-state index contributed by atoms with van der Waals surface area (Å²) in [5, 5.41) is 0.709. The normalized spacial score (nSPS) is 14.0. The molecule has 0 aromatic heterocycles. The second-order valence-electron chi connectivity index (χ2n) is 4.59. The SMILES string of the molecule is CCC(N)C(Sc1cccc(F)c1)c1ccccc1Cl. The lowest BCUT2D eigenvalue weighted by atomic mass is 10.0. The molecular weight excluding hydrogens is 293 g/mol. The van der Waals surface area contributed by atoms with Gasteiger partial charge in [-0.1, -0.05) is 42.8 Å². The molecule has 0 fully saturated rings. The van der Waals surface area contributed by atoms with Crippen LogP contribution in [0.25, 0.3) is 0 Å². The average Bonchev–Trinajstić information content (AvgIpc) is 2.45. The third-order valence-electron chi connectivity index (χ3n) is 3.13. The van der Waals surface area contributed by atoms with E-state index in [4.69, 9.17) is 17.3 Å². The van der Waals surface area contributed by atoms with Crippen LogP contribution in [-0.4, -0.2) is 6.04 Å². The summed E-state index contributed by atoms with van der Waals surface area (Å²) in [6, 6.07) is 14.2. The Morgan fingerprint density at radius 2 is 1.95 bits per heavy atom. The van der Waals surface area contributed by atoms with Crippen molar-refractivity contribution in [2.24, 2.45) is 5.73 Å². The van der Waals surface area contributed by atoms with E-state index in [2.05, 4.69) is 0 Å². The van der Waals surface area contributed by atoms with Gasteiger partial charge in [-0.25, -0.2) is 4.39 Å². The lowest BCUT2D eigenvalue weighted by Crippen LogP contribution is -2.25. The van der Waals surface area contributed by atoms with Crippen molar-refractivity contribution in [3.63, 3.8) is 0 Å². The van der Waals surface area contributed by atoms with Gasteiger partial charge in [-0.2, -0.15) is 0 Å². The highest BCUT2D eigenvalue weighted by molar-refractivity contribution is 7.99. The quantitative estimate of drug-likeness (QED) is 0.782. The third kappa shape index (κ3) is 3.75. The summed E-state index contributed by atoms with van der Waals surface area (Å²) < 4.78 is 13.3. The van der Waals surface area contributed by atoms with Crippen molar-refractivity contribution < 1.29 is 4.39 Å². The maximum Gasteiger partial charge on any atom is 0.124 e. The van der Waals surface area contributed by atoms with Gasteiger partial charge in [0.1, 0.15) is 5.82 Å². The van der Waals surface area contributed by atoms with Crippen LogP contribution in [-0.2, 0) is 0 Å². The zero-order chi connectivity index (χ0) is 14.5. The lowest BCUT2D eigenvalue weighted by Gasteiger charge is -2.24. The monoisotopic (exact) mass is 309 g/mol. The van der Waals surface area contributed by atoms with Crippen LogP contribution in [0.5, 0.6) is 0 Å². The molecular formula is C16H17ClFNS. The fraction of sp³-hybridized carbons (Fsp3) is 0.250. The summed E-state index contributed by atoms with van der Waals surface area (Å²) in [5.74, 6) is -0.238. The van der Waals surface area contributed by atoms with Crippen molar-refractivity contribution in [1.29, 1.82) is 0 Å². The van der Waals surface area contributed by atoms with Crippen LogP contribution in [0.4, 0.5) is 4.39 Å². The van der Waals surface area contributed by atoms with Crippen LogP contribution in [0.1, 0.15) is 24.2 Å². The van der Waals surface area contributed by atoms with Gasteiger partial charge >= 0.3 is 0 Å². The molecule has 2 N–H and O–H groups in total. The predicted octanol–water partition coefficient (Wildman–Crippen LogP) is 5.05. The zero-order valence-electron chi connectivity index (χ0n) is 11.2. The van der Waals surface area contributed by atoms with Gasteiger partial charge in [-0.05, 0) is 36.2 Å². The van der Waals surface area contributed by atoms with Crippen LogP contribution in [0, 0.1) is 5.82 Å². The minimum atomic E-state index is -0.238. The molecule has 2 rings (SSSR count). The second kappa shape index (κ2) is 7.11. The van der Waals surface area contributed by atoms with Gasteiger partial charge < -0.3 is 5.73 Å². The third-order valence-corrected chi connectivity index (χ3v) is 4.86. The van der Waals surface area contributed by atoms with Crippen molar-refractivity contribution in [2.45, 2.75) is 29.5 Å². The van der Waals surface area contributed by atoms with Crippen molar-refractivity contribution in [2.75, 3.05) is 0 Å². The molecule has 0 heterocycles. The number of benzene rings is 2. The number of hydrogen-bond donors (Lipinski definition) is 1. The molecule has 0 saturated heterocycles. The van der Waals surface area contributed by atoms with E-state index in [0.717, 1.165) is 16.9 Å². The summed E-state index contributed by atoms with van der Waals surface area (Å²) in [7, 11) is 0. The molecule has 1 nitrogen and oxygen atoms in total. The number of halogens is 2. The van der Waals surface area contributed by atoms with Gasteiger partial charge in [-0.3, -0.25) is 0 Å². The molecule has 0 saturated carbocycles. The van der Waals surface area contributed by atoms with Gasteiger partial charge in [0.15, 0.2) is 0 Å². The summed E-state index contributed by atoms with van der Waals surface area (Å²) in [4.78, 5) is 0.860. The van der Waals surface area contributed by atoms with Crippen molar-refractivity contribution >= 4 is 23.4 Å². The Balaban J connectivity index is 2.32. The highest BCUT2D eigenvalue weighted by Crippen LogP contribution is 2.40. The molecule has 0 spiro atoms. The number of thioether (sulfide) groups is 1. The van der Waals surface area contributed by atoms with Crippen LogP contribution < -0.4 is 5.73 Å². The Morgan fingerprint density at radius 1 is 1.20 bits per heavy atom. The first kappa shape index (κ1) is 15.4. The fourth-order valence-corrected chi connectivity index (χ4v) is 3.64. The Labute approximate surface area is 128 Å². The molecule has 0 amide bonds. The molecule has 2 atom stereocenters. The molecule has 20 heavy (non-hydrogen) atoms. The molecule has 2 unspecified atom stereocenters. The summed E-state index contributed by atoms with van der Waals surface area (Å²) in [6.45, 7) is 2.04. The molecule has 2 aromatic rings. The molecule has 0 aliphatic carbocycles. The van der Waals surface area contributed by atoms with E-state index in [0.29, 0.717) is 5.02 Å². The number of hydrogen-bond acceptors (Lipinski definition) is 2. The van der Waals surface area contributed by atoms with Gasteiger partial charge in [-0.15, -0.1) is 11.8 Å². The number of rotatable bonds is 5. The molecule has 106 valence electrons. The summed E-state index contributed by atoms with van der Waals surface area (Å²) in [6.07, 6.45) is 0.832. The minimum absolute atomic E-state index is 0.00972. The van der Waals surface area contributed by atoms with Gasteiger partial charge in [0, 0.05) is 16.0 Å². The van der Waals surface area contributed by atoms with Crippen molar-refractivity contribution in [3.05, 3.63) is 64.9 Å². The number of nitrogens with two attached hydrogens (primary N) is 1. The zero-order valence-corrected chi connectivity index (χ0v) is 12.8. The molecule has 0 radical (unpaired) electrons. The maximum absolute atomic E-state index is 13.3. The first-order valence-corrected chi connectivity index (χ1v) is 7.79. The Morgan fingerprint density at radius 3 is 2.60 bits per heavy atom. The Bertz CT molecular complexity index is 576. The predicted molar refractivity (Wildman–Crippen MR) is 84.7 cm³/mol. The smallest absolute Gasteiger partial charge is 0.124 e. The second-order valence-corrected chi connectivity index (χ2v) is 6.21. The minimum Gasteiger partial charge on any atom is -0.326 e. The summed E-state index contributed by atoms with van der Waals surface area (Å²) >= 11 is 7.83. The summed E-state index contributed by atoms with van der Waals surface area (Å²) in [5.41, 5.74) is 7.23. The van der Waals surface area contributed by atoms with Gasteiger partial charge in [0.2, 0.25) is 0 Å². The molecule has 0 aliphatic rings. The largest absolute Gasteiger partial charge is 0.326 e. The lowest BCUT2D eigenvalue weighted by molar-refractivity contribution is 0.622. The van der Waals surface area contributed by atoms with Crippen LogP contribution in [0.3, 0.4) is 0 Å². The first-order chi connectivity index (χ1) is 9.61. The van der Waals surface area contributed by atoms with Gasteiger partial charge in [0.25, 0.3) is 0 Å². The van der Waals surface area contributed by atoms with Crippen molar-refractivity contribution in [1.82, 2.24) is 0 Å². The van der Waals surface area contributed by atoms with Crippen LogP contribution in [0.2, 0.25) is 5.02 Å². The maximum atomic E-state index is 13.3. The van der Waals surface area contributed by atoms with Crippen LogP contribution in [0.15, 0.2) is 53.4 Å². The fourth-order valence-electron chi connectivity index (χ4n) is 1.99. The Kier molecular flexibility index (Phi) is 5.46. The van der Waals surface area contributed by atoms with E-state index in [9.17, 15) is 4.39 Å². The van der Waals surface area contributed by atoms with Crippen LogP contribution >= 0.6 is 23.4 Å². The van der Waals surface area contributed by atoms with Crippen molar-refractivity contribution in [3.8, 4) is 0 Å². The molecule has 2 aromatic carbocycles. The average molecular weight is 310 g/mol. The molecule has 0 bridgehead atoms. The van der Waals surface area contributed by atoms with E-state index < -0.39 is 0 Å².